The lowest BCUT2D eigenvalue weighted by molar-refractivity contribution is -0.189. The van der Waals surface area contributed by atoms with Crippen molar-refractivity contribution in [2.45, 2.75) is 37.1 Å². The van der Waals surface area contributed by atoms with Crippen molar-refractivity contribution in [3.8, 4) is 17.2 Å². The second-order valence-corrected chi connectivity index (χ2v) is 11.6. The first-order chi connectivity index (χ1) is 17.7. The predicted octanol–water partition coefficient (Wildman–Crippen LogP) is 3.39. The molecule has 208 valence electrons. The van der Waals surface area contributed by atoms with Crippen molar-refractivity contribution in [2.75, 3.05) is 37.2 Å². The third-order valence-corrected chi connectivity index (χ3v) is 7.05. The van der Waals surface area contributed by atoms with Crippen LogP contribution in [-0.4, -0.2) is 74.8 Å². The maximum absolute atomic E-state index is 12.5. The molecule has 1 saturated heterocycles. The number of aliphatic hydroxyl groups is 1. The van der Waals surface area contributed by atoms with Gasteiger partial charge in [0.1, 0.15) is 35.6 Å². The third kappa shape index (κ3) is 7.22. The van der Waals surface area contributed by atoms with Crippen LogP contribution < -0.4 is 18.9 Å². The molecular weight excluding hydrogens is 553 g/mol. The van der Waals surface area contributed by atoms with Gasteiger partial charge in [-0.25, -0.2) is 13.2 Å². The molecule has 0 bridgehead atoms. The lowest BCUT2D eigenvalue weighted by Gasteiger charge is -2.39. The van der Waals surface area contributed by atoms with Gasteiger partial charge >= 0.3 is 12.1 Å². The number of nitrogens with one attached hydrogen (secondary N) is 1. The molecule has 4 rings (SSSR count). The normalized spacial score (nSPS) is 17.9. The van der Waals surface area contributed by atoms with E-state index in [1.54, 1.807) is 6.07 Å². The Kier molecular flexibility index (Phi) is 8.03. The fourth-order valence-electron chi connectivity index (χ4n) is 4.50. The summed E-state index contributed by atoms with van der Waals surface area (Å²) in [7, 11) is -3.76. The van der Waals surface area contributed by atoms with E-state index in [9.17, 15) is 31.5 Å². The summed E-state index contributed by atoms with van der Waals surface area (Å²) < 4.78 is 79.2. The number of alkyl halides is 3. The molecule has 0 aromatic heterocycles. The van der Waals surface area contributed by atoms with Gasteiger partial charge in [0.15, 0.2) is 0 Å². The Morgan fingerprint density at radius 1 is 1.24 bits per heavy atom. The summed E-state index contributed by atoms with van der Waals surface area (Å²) in [6.45, 7) is 1.26. The molecule has 2 N–H and O–H groups in total. The second kappa shape index (κ2) is 10.8. The minimum atomic E-state index is -5.21. The number of nitrogens with zero attached hydrogens (tertiary/aromatic N) is 1. The molecule has 38 heavy (non-hydrogen) atoms. The largest absolute Gasteiger partial charge is 0.491 e. The van der Waals surface area contributed by atoms with E-state index in [1.807, 2.05) is 17.0 Å². The summed E-state index contributed by atoms with van der Waals surface area (Å²) >= 11 is 6.09. The quantitative estimate of drug-likeness (QED) is 0.362. The van der Waals surface area contributed by atoms with Crippen molar-refractivity contribution in [3.63, 3.8) is 0 Å². The number of likely N-dealkylation sites (tertiary alicyclic amines) is 1. The van der Waals surface area contributed by atoms with Gasteiger partial charge in [0.25, 0.3) is 0 Å². The highest BCUT2D eigenvalue weighted by Gasteiger charge is 2.43. The number of β-amino-alcohol motifs (C(OH)–C–C–N with tert-alkyl or cyclic N) is 1. The predicted molar refractivity (Wildman–Crippen MR) is 132 cm³/mol. The zero-order valence-electron chi connectivity index (χ0n) is 20.3. The van der Waals surface area contributed by atoms with E-state index in [0.29, 0.717) is 18.1 Å². The first kappa shape index (κ1) is 28.3. The standard InChI is InChI=1S/C24H26ClF3N2O7S/c1-38(33,34)29-19-4-3-18(36-22(32)24(26,27)28)11-21(19)35-14-17(31)13-30-8-6-23(7-9-30)12-15-10-16(25)2-5-20(15)37-23/h2-5,10-11,17,29,31H,6-9,12-14H2,1H3/t17-/m0/s1. The SMILES string of the molecule is CS(=O)(=O)Nc1ccc(OC(=O)C(F)(F)F)cc1OC[C@@H](O)CN1CCC2(CC1)Cc1cc(Cl)ccc1O2. The van der Waals surface area contributed by atoms with E-state index in [-0.39, 0.29) is 30.2 Å². The van der Waals surface area contributed by atoms with Gasteiger partial charge in [0.2, 0.25) is 10.0 Å². The molecule has 2 aromatic rings. The van der Waals surface area contributed by atoms with Crippen LogP contribution >= 0.6 is 11.6 Å². The van der Waals surface area contributed by atoms with Gasteiger partial charge in [-0.1, -0.05) is 11.6 Å². The fourth-order valence-corrected chi connectivity index (χ4v) is 5.26. The van der Waals surface area contributed by atoms with E-state index < -0.39 is 34.0 Å². The van der Waals surface area contributed by atoms with Crippen molar-refractivity contribution in [2.24, 2.45) is 0 Å². The summed E-state index contributed by atoms with van der Waals surface area (Å²) in [6, 6.07) is 8.59. The monoisotopic (exact) mass is 578 g/mol. The molecule has 2 aliphatic rings. The van der Waals surface area contributed by atoms with Crippen molar-refractivity contribution < 1.29 is 45.7 Å². The Bertz CT molecular complexity index is 1300. The topological polar surface area (TPSA) is 114 Å². The number of piperidine rings is 1. The van der Waals surface area contributed by atoms with Gasteiger partial charge in [-0.2, -0.15) is 13.2 Å². The van der Waals surface area contributed by atoms with Crippen LogP contribution in [0.3, 0.4) is 0 Å². The molecular formula is C24H26ClF3N2O7S. The molecule has 0 unspecified atom stereocenters. The molecule has 0 amide bonds. The van der Waals surface area contributed by atoms with Crippen molar-refractivity contribution >= 4 is 33.3 Å². The van der Waals surface area contributed by atoms with Crippen molar-refractivity contribution in [1.82, 2.24) is 4.90 Å². The highest BCUT2D eigenvalue weighted by molar-refractivity contribution is 7.92. The Morgan fingerprint density at radius 3 is 2.61 bits per heavy atom. The summed E-state index contributed by atoms with van der Waals surface area (Å²) in [5, 5.41) is 11.2. The molecule has 2 heterocycles. The van der Waals surface area contributed by atoms with Crippen LogP contribution in [-0.2, 0) is 21.2 Å². The van der Waals surface area contributed by atoms with Crippen LogP contribution in [0.25, 0.3) is 0 Å². The number of sulfonamides is 1. The van der Waals surface area contributed by atoms with Crippen LogP contribution in [0, 0.1) is 0 Å². The van der Waals surface area contributed by atoms with Gasteiger partial charge in [0, 0.05) is 50.0 Å². The molecule has 0 radical (unpaired) electrons. The summed E-state index contributed by atoms with van der Waals surface area (Å²) in [6.07, 6.45) is -3.10. The number of hydrogen-bond acceptors (Lipinski definition) is 8. The molecule has 1 spiro atoms. The first-order valence-corrected chi connectivity index (χ1v) is 13.9. The lowest BCUT2D eigenvalue weighted by Crippen LogP contribution is -2.49. The van der Waals surface area contributed by atoms with Gasteiger partial charge in [-0.3, -0.25) is 4.72 Å². The molecule has 2 aliphatic heterocycles. The second-order valence-electron chi connectivity index (χ2n) is 9.40. The number of ether oxygens (including phenoxy) is 3. The summed E-state index contributed by atoms with van der Waals surface area (Å²) in [5.41, 5.74) is 0.663. The molecule has 1 fully saturated rings. The Balaban J connectivity index is 1.34. The Labute approximate surface area is 222 Å². The minimum Gasteiger partial charge on any atom is -0.488 e. The molecule has 9 nitrogen and oxygen atoms in total. The number of esters is 1. The number of carbonyl (C=O) groups excluding carboxylic acids is 1. The molecule has 0 saturated carbocycles. The smallest absolute Gasteiger partial charge is 0.488 e. The summed E-state index contributed by atoms with van der Waals surface area (Å²) in [4.78, 5) is 13.2. The number of carbonyl (C=O) groups is 1. The van der Waals surface area contributed by atoms with E-state index in [1.165, 1.54) is 0 Å². The van der Waals surface area contributed by atoms with E-state index in [4.69, 9.17) is 21.1 Å². The van der Waals surface area contributed by atoms with Gasteiger partial charge in [-0.15, -0.1) is 0 Å². The zero-order chi connectivity index (χ0) is 27.7. The molecule has 14 heteroatoms. The lowest BCUT2D eigenvalue weighted by atomic mass is 9.87. The van der Waals surface area contributed by atoms with Gasteiger partial charge in [-0.05, 0) is 35.9 Å². The number of anilines is 1. The molecule has 1 atom stereocenters. The number of rotatable bonds is 8. The van der Waals surface area contributed by atoms with Crippen molar-refractivity contribution in [1.29, 1.82) is 0 Å². The minimum absolute atomic E-state index is 0.0931. The van der Waals surface area contributed by atoms with Crippen LogP contribution in [0.1, 0.15) is 18.4 Å². The van der Waals surface area contributed by atoms with E-state index >= 15 is 0 Å². The average Bonchev–Trinajstić information content (AvgIpc) is 3.16. The van der Waals surface area contributed by atoms with Crippen LogP contribution in [0.2, 0.25) is 5.02 Å². The van der Waals surface area contributed by atoms with Crippen molar-refractivity contribution in [3.05, 3.63) is 47.0 Å². The Hall–Kier alpha value is -2.74. The maximum atomic E-state index is 12.5. The van der Waals surface area contributed by atoms with E-state index in [2.05, 4.69) is 9.46 Å². The highest BCUT2D eigenvalue weighted by Crippen LogP contribution is 2.42. The molecule has 2 aromatic carbocycles. The number of aliphatic hydroxyl groups excluding tert-OH is 1. The first-order valence-electron chi connectivity index (χ1n) is 11.6. The molecule has 0 aliphatic carbocycles. The van der Waals surface area contributed by atoms with Crippen LogP contribution in [0.5, 0.6) is 17.2 Å². The summed E-state index contributed by atoms with van der Waals surface area (Å²) in [5.74, 6) is -2.32. The number of fused-ring (bicyclic) bond motifs is 1. The maximum Gasteiger partial charge on any atom is 0.491 e. The average molecular weight is 579 g/mol. The Morgan fingerprint density at radius 2 is 1.95 bits per heavy atom. The number of hydrogen-bond donors (Lipinski definition) is 2. The van der Waals surface area contributed by atoms with Gasteiger partial charge < -0.3 is 24.2 Å². The van der Waals surface area contributed by atoms with E-state index in [0.717, 1.165) is 55.0 Å². The van der Waals surface area contributed by atoms with Gasteiger partial charge in [0.05, 0.1) is 11.9 Å². The third-order valence-electron chi connectivity index (χ3n) is 6.22. The number of halogens is 4. The van der Waals surface area contributed by atoms with Crippen LogP contribution in [0.4, 0.5) is 18.9 Å². The fraction of sp³-hybridized carbons (Fsp3) is 0.458. The zero-order valence-corrected chi connectivity index (χ0v) is 21.8. The van der Waals surface area contributed by atoms with Crippen LogP contribution in [0.15, 0.2) is 36.4 Å². The highest BCUT2D eigenvalue weighted by atomic mass is 35.5. The number of benzene rings is 2.